The molecule has 5 aromatic rings. The first-order valence-corrected chi connectivity index (χ1v) is 11.8. The SMILES string of the molecule is CC(C)(C)c1cc(NC(=O)Nc2ccc(-n3cnc4c(N)ncnc43)cc2)n(-c2cccc(C(F)(F)F)c2)n1. The van der Waals surface area contributed by atoms with Crippen LogP contribution in [0.2, 0.25) is 0 Å². The van der Waals surface area contributed by atoms with E-state index >= 15 is 0 Å². The quantitative estimate of drug-likeness (QED) is 0.277. The van der Waals surface area contributed by atoms with Crippen LogP contribution >= 0.6 is 0 Å². The monoisotopic (exact) mass is 535 g/mol. The largest absolute Gasteiger partial charge is 0.416 e. The molecule has 0 saturated heterocycles. The summed E-state index contributed by atoms with van der Waals surface area (Å²) in [5, 5.41) is 9.92. The van der Waals surface area contributed by atoms with E-state index in [9.17, 15) is 18.0 Å². The predicted molar refractivity (Wildman–Crippen MR) is 141 cm³/mol. The number of alkyl halides is 3. The Morgan fingerprint density at radius 3 is 2.36 bits per heavy atom. The van der Waals surface area contributed by atoms with Gasteiger partial charge < -0.3 is 11.1 Å². The lowest BCUT2D eigenvalue weighted by molar-refractivity contribution is -0.137. The summed E-state index contributed by atoms with van der Waals surface area (Å²) in [7, 11) is 0. The zero-order chi connectivity index (χ0) is 27.9. The minimum atomic E-state index is -4.52. The van der Waals surface area contributed by atoms with Gasteiger partial charge in [0.2, 0.25) is 0 Å². The number of amides is 2. The number of rotatable bonds is 4. The maximum Gasteiger partial charge on any atom is 0.416 e. The number of nitrogens with one attached hydrogen (secondary N) is 2. The van der Waals surface area contributed by atoms with Gasteiger partial charge in [-0.3, -0.25) is 9.88 Å². The zero-order valence-corrected chi connectivity index (χ0v) is 21.2. The van der Waals surface area contributed by atoms with Crippen LogP contribution in [0.25, 0.3) is 22.5 Å². The third kappa shape index (κ3) is 5.23. The fraction of sp³-hybridized carbons (Fsp3) is 0.192. The summed E-state index contributed by atoms with van der Waals surface area (Å²) in [4.78, 5) is 25.3. The number of imidazole rings is 1. The summed E-state index contributed by atoms with van der Waals surface area (Å²) >= 11 is 0. The molecule has 13 heteroatoms. The van der Waals surface area contributed by atoms with Gasteiger partial charge in [0.05, 0.1) is 16.9 Å². The number of benzene rings is 2. The lowest BCUT2D eigenvalue weighted by Gasteiger charge is -2.14. The second kappa shape index (κ2) is 9.42. The molecule has 200 valence electrons. The summed E-state index contributed by atoms with van der Waals surface area (Å²) in [5.74, 6) is 0.489. The van der Waals surface area contributed by atoms with Crippen molar-refractivity contribution in [3.63, 3.8) is 0 Å². The number of halogens is 3. The number of anilines is 3. The lowest BCUT2D eigenvalue weighted by atomic mass is 9.92. The first kappa shape index (κ1) is 25.7. The molecule has 4 N–H and O–H groups in total. The fourth-order valence-corrected chi connectivity index (χ4v) is 3.87. The van der Waals surface area contributed by atoms with Crippen molar-refractivity contribution in [2.75, 3.05) is 16.4 Å². The van der Waals surface area contributed by atoms with Gasteiger partial charge in [0.1, 0.15) is 18.5 Å². The van der Waals surface area contributed by atoms with Gasteiger partial charge in [-0.1, -0.05) is 26.8 Å². The Bertz CT molecular complexity index is 1670. The average Bonchev–Trinajstić information content (AvgIpc) is 3.50. The van der Waals surface area contributed by atoms with Crippen LogP contribution in [0.1, 0.15) is 32.0 Å². The fourth-order valence-electron chi connectivity index (χ4n) is 3.87. The number of fused-ring (bicyclic) bond motifs is 1. The minimum absolute atomic E-state index is 0.164. The highest BCUT2D eigenvalue weighted by atomic mass is 19.4. The Morgan fingerprint density at radius 2 is 1.67 bits per heavy atom. The summed E-state index contributed by atoms with van der Waals surface area (Å²) in [6.45, 7) is 5.75. The Hall–Kier alpha value is -4.94. The third-order valence-electron chi connectivity index (χ3n) is 5.90. The molecule has 0 radical (unpaired) electrons. The van der Waals surface area contributed by atoms with E-state index in [1.54, 1.807) is 41.2 Å². The van der Waals surface area contributed by atoms with E-state index in [2.05, 4.69) is 30.7 Å². The van der Waals surface area contributed by atoms with Crippen LogP contribution in [-0.4, -0.2) is 35.3 Å². The van der Waals surface area contributed by atoms with Gasteiger partial charge in [-0.2, -0.15) is 18.3 Å². The van der Waals surface area contributed by atoms with Crippen molar-refractivity contribution in [2.45, 2.75) is 32.4 Å². The standard InChI is InChI=1S/C26H24F3N9O/c1-25(2,3)19-12-20(38(36-19)18-6-4-5-15(11-18)26(27,28)29)35-24(39)34-16-7-9-17(10-8-16)37-14-33-21-22(30)31-13-32-23(21)37/h4-14H,1-3H3,(H2,30,31,32)(H2,34,35,39). The molecule has 0 spiro atoms. The van der Waals surface area contributed by atoms with Gasteiger partial charge in [0, 0.05) is 22.9 Å². The van der Waals surface area contributed by atoms with E-state index in [1.165, 1.54) is 23.1 Å². The van der Waals surface area contributed by atoms with Crippen molar-refractivity contribution in [2.24, 2.45) is 0 Å². The van der Waals surface area contributed by atoms with Crippen molar-refractivity contribution in [1.82, 2.24) is 29.3 Å². The molecule has 2 amide bonds. The number of nitrogens with two attached hydrogens (primary N) is 1. The maximum atomic E-state index is 13.3. The van der Waals surface area contributed by atoms with Crippen molar-refractivity contribution in [3.05, 3.63) is 78.5 Å². The third-order valence-corrected chi connectivity index (χ3v) is 5.90. The van der Waals surface area contributed by atoms with Crippen molar-refractivity contribution < 1.29 is 18.0 Å². The van der Waals surface area contributed by atoms with Gasteiger partial charge in [-0.25, -0.2) is 24.4 Å². The van der Waals surface area contributed by atoms with Crippen LogP contribution in [0.3, 0.4) is 0 Å². The number of hydrogen-bond acceptors (Lipinski definition) is 6. The van der Waals surface area contributed by atoms with Crippen LogP contribution in [-0.2, 0) is 11.6 Å². The molecule has 0 aliphatic heterocycles. The van der Waals surface area contributed by atoms with Crippen LogP contribution in [0.4, 0.5) is 35.3 Å². The summed E-state index contributed by atoms with van der Waals surface area (Å²) < 4.78 is 43.0. The highest BCUT2D eigenvalue weighted by molar-refractivity contribution is 5.99. The Balaban J connectivity index is 1.38. The van der Waals surface area contributed by atoms with Crippen LogP contribution < -0.4 is 16.4 Å². The van der Waals surface area contributed by atoms with Gasteiger partial charge in [0.15, 0.2) is 17.0 Å². The molecule has 39 heavy (non-hydrogen) atoms. The molecule has 0 fully saturated rings. The van der Waals surface area contributed by atoms with Crippen molar-refractivity contribution >= 4 is 34.5 Å². The van der Waals surface area contributed by atoms with E-state index in [-0.39, 0.29) is 17.3 Å². The summed E-state index contributed by atoms with van der Waals surface area (Å²) in [6.07, 6.45) is -1.59. The molecule has 3 heterocycles. The average molecular weight is 536 g/mol. The molecular formula is C26H24F3N9O. The molecule has 2 aromatic carbocycles. The number of nitrogen functional groups attached to an aromatic ring is 1. The Morgan fingerprint density at radius 1 is 0.923 bits per heavy atom. The Labute approximate surface area is 220 Å². The summed E-state index contributed by atoms with van der Waals surface area (Å²) in [5.41, 5.74) is 7.61. The first-order chi connectivity index (χ1) is 18.4. The predicted octanol–water partition coefficient (Wildman–Crippen LogP) is 5.54. The molecule has 10 nitrogen and oxygen atoms in total. The second-order valence-corrected chi connectivity index (χ2v) is 9.80. The molecule has 0 saturated carbocycles. The first-order valence-electron chi connectivity index (χ1n) is 11.8. The maximum absolute atomic E-state index is 13.3. The van der Waals surface area contributed by atoms with Gasteiger partial charge in [-0.05, 0) is 42.5 Å². The molecule has 0 aliphatic carbocycles. The highest BCUT2D eigenvalue weighted by Crippen LogP contribution is 2.32. The number of carbonyl (C=O) groups excluding carboxylic acids is 1. The van der Waals surface area contributed by atoms with Crippen molar-refractivity contribution in [3.8, 4) is 11.4 Å². The van der Waals surface area contributed by atoms with Crippen LogP contribution in [0.5, 0.6) is 0 Å². The van der Waals surface area contributed by atoms with Gasteiger partial charge in [-0.15, -0.1) is 0 Å². The van der Waals surface area contributed by atoms with Crippen molar-refractivity contribution in [1.29, 1.82) is 0 Å². The summed E-state index contributed by atoms with van der Waals surface area (Å²) in [6, 6.07) is 12.7. The topological polar surface area (TPSA) is 129 Å². The zero-order valence-electron chi connectivity index (χ0n) is 21.2. The number of urea groups is 1. The molecule has 0 unspecified atom stereocenters. The number of hydrogen-bond donors (Lipinski definition) is 3. The van der Waals surface area contributed by atoms with E-state index < -0.39 is 23.2 Å². The molecule has 3 aromatic heterocycles. The lowest BCUT2D eigenvalue weighted by Crippen LogP contribution is -2.21. The van der Waals surface area contributed by atoms with E-state index in [1.807, 2.05) is 20.8 Å². The van der Waals surface area contributed by atoms with Crippen LogP contribution in [0.15, 0.2) is 67.3 Å². The molecular weight excluding hydrogens is 511 g/mol. The van der Waals surface area contributed by atoms with Crippen LogP contribution in [0, 0.1) is 0 Å². The number of nitrogens with zero attached hydrogens (tertiary/aromatic N) is 6. The molecule has 0 bridgehead atoms. The normalized spacial score (nSPS) is 12.1. The smallest absolute Gasteiger partial charge is 0.382 e. The molecule has 0 atom stereocenters. The van der Waals surface area contributed by atoms with Gasteiger partial charge >= 0.3 is 12.2 Å². The number of carbonyl (C=O) groups is 1. The highest BCUT2D eigenvalue weighted by Gasteiger charge is 2.31. The minimum Gasteiger partial charge on any atom is -0.382 e. The van der Waals surface area contributed by atoms with E-state index in [4.69, 9.17) is 5.73 Å². The number of aromatic nitrogens is 6. The van der Waals surface area contributed by atoms with Gasteiger partial charge in [0.25, 0.3) is 0 Å². The van der Waals surface area contributed by atoms with E-state index in [0.29, 0.717) is 22.5 Å². The van der Waals surface area contributed by atoms with E-state index in [0.717, 1.165) is 17.8 Å². The molecule has 5 rings (SSSR count). The molecule has 0 aliphatic rings. The second-order valence-electron chi connectivity index (χ2n) is 9.80. The Kier molecular flexibility index (Phi) is 6.21.